The van der Waals surface area contributed by atoms with Crippen LogP contribution in [0.25, 0.3) is 0 Å². The normalized spacial score (nSPS) is 10.0. The van der Waals surface area contributed by atoms with Crippen LogP contribution in [0.3, 0.4) is 0 Å². The van der Waals surface area contributed by atoms with E-state index in [9.17, 15) is 14.4 Å². The van der Waals surface area contributed by atoms with Gasteiger partial charge in [-0.25, -0.2) is 4.79 Å². The van der Waals surface area contributed by atoms with E-state index in [1.165, 1.54) is 0 Å². The molecule has 0 aliphatic rings. The van der Waals surface area contributed by atoms with Crippen molar-refractivity contribution in [3.8, 4) is 5.75 Å². The van der Waals surface area contributed by atoms with Crippen LogP contribution in [0.4, 0.5) is 4.79 Å². The second kappa shape index (κ2) is 12.8. The van der Waals surface area contributed by atoms with E-state index in [-0.39, 0.29) is 32.1 Å². The molecule has 0 radical (unpaired) electrons. The highest BCUT2D eigenvalue weighted by Gasteiger charge is 2.08. The number of alkyl carbamates (subject to hydrolysis) is 1. The van der Waals surface area contributed by atoms with E-state index in [2.05, 4.69) is 16.2 Å². The molecule has 0 unspecified atom stereocenters. The highest BCUT2D eigenvalue weighted by atomic mass is 16.5. The summed E-state index contributed by atoms with van der Waals surface area (Å²) in [6.45, 7) is 2.27. The first kappa shape index (κ1) is 22.7. The van der Waals surface area contributed by atoms with Gasteiger partial charge in [0.2, 0.25) is 5.91 Å². The van der Waals surface area contributed by atoms with Crippen LogP contribution < -0.4 is 20.9 Å². The van der Waals surface area contributed by atoms with Crippen molar-refractivity contribution in [1.82, 2.24) is 16.2 Å². The lowest BCUT2D eigenvalue weighted by Crippen LogP contribution is -2.44. The fourth-order valence-electron chi connectivity index (χ4n) is 2.53. The minimum absolute atomic E-state index is 0.138. The zero-order chi connectivity index (χ0) is 21.6. The van der Waals surface area contributed by atoms with Crippen LogP contribution >= 0.6 is 0 Å². The molecule has 0 aliphatic heterocycles. The minimum Gasteiger partial charge on any atom is -0.483 e. The molecule has 160 valence electrons. The number of ether oxygens (including phenoxy) is 2. The van der Waals surface area contributed by atoms with E-state index in [1.807, 2.05) is 55.5 Å². The molecule has 0 heterocycles. The number of amides is 3. The number of hydrazine groups is 1. The Labute approximate surface area is 175 Å². The van der Waals surface area contributed by atoms with Crippen LogP contribution in [0.1, 0.15) is 30.9 Å². The Morgan fingerprint density at radius 1 is 0.900 bits per heavy atom. The Hall–Kier alpha value is -3.55. The van der Waals surface area contributed by atoms with Gasteiger partial charge in [0.25, 0.3) is 5.91 Å². The molecule has 3 amide bonds. The van der Waals surface area contributed by atoms with Gasteiger partial charge >= 0.3 is 6.09 Å². The van der Waals surface area contributed by atoms with Crippen LogP contribution in [-0.4, -0.2) is 31.1 Å². The first-order chi connectivity index (χ1) is 14.6. The molecule has 0 bridgehead atoms. The number of carbonyl (C=O) groups is 3. The highest BCUT2D eigenvalue weighted by Crippen LogP contribution is 2.17. The monoisotopic (exact) mass is 413 g/mol. The van der Waals surface area contributed by atoms with Crippen molar-refractivity contribution in [3.63, 3.8) is 0 Å². The summed E-state index contributed by atoms with van der Waals surface area (Å²) in [6.07, 6.45) is 0.793. The molecule has 0 atom stereocenters. The molecule has 3 N–H and O–H groups in total. The quantitative estimate of drug-likeness (QED) is 0.410. The van der Waals surface area contributed by atoms with E-state index in [0.717, 1.165) is 17.5 Å². The van der Waals surface area contributed by atoms with Gasteiger partial charge in [0.05, 0.1) is 0 Å². The Kier molecular flexibility index (Phi) is 9.72. The number of carbonyl (C=O) groups excluding carboxylic acids is 3. The number of nitrogens with one attached hydrogen (secondary N) is 3. The summed E-state index contributed by atoms with van der Waals surface area (Å²) in [6, 6.07) is 16.8. The summed E-state index contributed by atoms with van der Waals surface area (Å²) in [5.41, 5.74) is 6.52. The number of rotatable bonds is 10. The Morgan fingerprint density at radius 2 is 1.60 bits per heavy atom. The molecule has 0 saturated heterocycles. The standard InChI is InChI=1S/C22H27N3O5/c1-2-18-11-6-7-12-19(18)29-16-21(27)25-24-20(26)13-8-14-23-22(28)30-15-17-9-4-3-5-10-17/h3-7,9-12H,2,8,13-16H2,1H3,(H,23,28)(H,24,26)(H,25,27). The summed E-state index contributed by atoms with van der Waals surface area (Å²) in [4.78, 5) is 35.2. The summed E-state index contributed by atoms with van der Waals surface area (Å²) in [5, 5.41) is 2.57. The molecular weight excluding hydrogens is 386 g/mol. The van der Waals surface area contributed by atoms with Gasteiger partial charge in [0, 0.05) is 13.0 Å². The zero-order valence-electron chi connectivity index (χ0n) is 17.0. The van der Waals surface area contributed by atoms with Crippen molar-refractivity contribution in [2.75, 3.05) is 13.2 Å². The second-order valence-corrected chi connectivity index (χ2v) is 6.44. The molecule has 8 nitrogen and oxygen atoms in total. The molecule has 0 aromatic heterocycles. The maximum atomic E-state index is 11.8. The van der Waals surface area contributed by atoms with E-state index in [0.29, 0.717) is 12.2 Å². The molecule has 0 fully saturated rings. The van der Waals surface area contributed by atoms with Crippen LogP contribution in [0.5, 0.6) is 5.75 Å². The summed E-state index contributed by atoms with van der Waals surface area (Å²) < 4.78 is 10.5. The fourth-order valence-corrected chi connectivity index (χ4v) is 2.53. The predicted molar refractivity (Wildman–Crippen MR) is 111 cm³/mol. The van der Waals surface area contributed by atoms with E-state index in [4.69, 9.17) is 9.47 Å². The molecule has 2 rings (SSSR count). The first-order valence-corrected chi connectivity index (χ1v) is 9.81. The Morgan fingerprint density at radius 3 is 2.37 bits per heavy atom. The van der Waals surface area contributed by atoms with Gasteiger partial charge in [-0.1, -0.05) is 55.5 Å². The summed E-state index contributed by atoms with van der Waals surface area (Å²) >= 11 is 0. The average Bonchev–Trinajstić information content (AvgIpc) is 2.78. The number of hydrogen-bond acceptors (Lipinski definition) is 5. The topological polar surface area (TPSA) is 106 Å². The van der Waals surface area contributed by atoms with Crippen molar-refractivity contribution in [1.29, 1.82) is 0 Å². The van der Waals surface area contributed by atoms with Crippen molar-refractivity contribution >= 4 is 17.9 Å². The minimum atomic E-state index is -0.544. The van der Waals surface area contributed by atoms with Crippen molar-refractivity contribution in [2.45, 2.75) is 32.8 Å². The molecule has 8 heteroatoms. The Balaban J connectivity index is 1.53. The molecule has 0 saturated carbocycles. The van der Waals surface area contributed by atoms with Crippen LogP contribution in [0, 0.1) is 0 Å². The van der Waals surface area contributed by atoms with Gasteiger partial charge in [-0.3, -0.25) is 20.4 Å². The second-order valence-electron chi connectivity index (χ2n) is 6.44. The lowest BCUT2D eigenvalue weighted by molar-refractivity contribution is -0.130. The Bertz CT molecular complexity index is 827. The molecule has 0 aliphatic carbocycles. The van der Waals surface area contributed by atoms with Crippen LogP contribution in [0.15, 0.2) is 54.6 Å². The third-order valence-corrected chi connectivity index (χ3v) is 4.12. The number of para-hydroxylation sites is 1. The number of aryl methyl sites for hydroxylation is 1. The summed E-state index contributed by atoms with van der Waals surface area (Å²) in [5.74, 6) is -0.180. The SMILES string of the molecule is CCc1ccccc1OCC(=O)NNC(=O)CCCNC(=O)OCc1ccccc1. The average molecular weight is 413 g/mol. The van der Waals surface area contributed by atoms with E-state index in [1.54, 1.807) is 6.07 Å². The third kappa shape index (κ3) is 8.64. The maximum Gasteiger partial charge on any atom is 0.407 e. The first-order valence-electron chi connectivity index (χ1n) is 9.81. The maximum absolute atomic E-state index is 11.8. The van der Waals surface area contributed by atoms with Gasteiger partial charge in [0.15, 0.2) is 6.61 Å². The highest BCUT2D eigenvalue weighted by molar-refractivity contribution is 5.82. The molecule has 2 aromatic rings. The van der Waals surface area contributed by atoms with Crippen molar-refractivity contribution in [3.05, 3.63) is 65.7 Å². The molecule has 30 heavy (non-hydrogen) atoms. The largest absolute Gasteiger partial charge is 0.483 e. The van der Waals surface area contributed by atoms with E-state index >= 15 is 0 Å². The van der Waals surface area contributed by atoms with Gasteiger partial charge in [-0.15, -0.1) is 0 Å². The summed E-state index contributed by atoms with van der Waals surface area (Å²) in [7, 11) is 0. The van der Waals surface area contributed by atoms with Gasteiger partial charge in [0.1, 0.15) is 12.4 Å². The van der Waals surface area contributed by atoms with Crippen LogP contribution in [-0.2, 0) is 27.4 Å². The van der Waals surface area contributed by atoms with Gasteiger partial charge < -0.3 is 14.8 Å². The number of benzene rings is 2. The van der Waals surface area contributed by atoms with Crippen molar-refractivity contribution in [2.24, 2.45) is 0 Å². The lowest BCUT2D eigenvalue weighted by atomic mass is 10.1. The van der Waals surface area contributed by atoms with Gasteiger partial charge in [-0.05, 0) is 30.0 Å². The smallest absolute Gasteiger partial charge is 0.407 e. The van der Waals surface area contributed by atoms with Crippen molar-refractivity contribution < 1.29 is 23.9 Å². The van der Waals surface area contributed by atoms with Crippen LogP contribution in [0.2, 0.25) is 0 Å². The van der Waals surface area contributed by atoms with E-state index < -0.39 is 12.0 Å². The van der Waals surface area contributed by atoms with Gasteiger partial charge in [-0.2, -0.15) is 0 Å². The third-order valence-electron chi connectivity index (χ3n) is 4.12. The molecule has 2 aromatic carbocycles. The molecule has 0 spiro atoms. The molecular formula is C22H27N3O5. The lowest BCUT2D eigenvalue weighted by Gasteiger charge is -2.11. The fraction of sp³-hybridized carbons (Fsp3) is 0.318. The zero-order valence-corrected chi connectivity index (χ0v) is 17.0. The number of hydrogen-bond donors (Lipinski definition) is 3. The predicted octanol–water partition coefficient (Wildman–Crippen LogP) is 2.48.